The second-order valence-electron chi connectivity index (χ2n) is 8.91. The number of hydrogen-bond donors (Lipinski definition) is 3. The molecule has 0 bridgehead atoms. The first kappa shape index (κ1) is 20.3. The highest BCUT2D eigenvalue weighted by atomic mass is 28.4. The summed E-state index contributed by atoms with van der Waals surface area (Å²) in [5.74, 6) is 0. The van der Waals surface area contributed by atoms with Crippen LogP contribution in [0.2, 0.25) is 39.3 Å². The predicted molar refractivity (Wildman–Crippen MR) is 93.0 cm³/mol. The minimum atomic E-state index is -1.89. The van der Waals surface area contributed by atoms with Crippen LogP contribution in [0.3, 0.4) is 0 Å². The van der Waals surface area contributed by atoms with Crippen molar-refractivity contribution >= 4 is 23.3 Å². The van der Waals surface area contributed by atoms with E-state index >= 15 is 0 Å². The van der Waals surface area contributed by atoms with Crippen LogP contribution in [0.4, 0.5) is 0 Å². The summed E-state index contributed by atoms with van der Waals surface area (Å²) in [6, 6.07) is 0. The van der Waals surface area contributed by atoms with E-state index in [1.807, 2.05) is 0 Å². The van der Waals surface area contributed by atoms with E-state index in [1.165, 1.54) is 0 Å². The van der Waals surface area contributed by atoms with Crippen molar-refractivity contribution in [3.63, 3.8) is 0 Å². The summed E-state index contributed by atoms with van der Waals surface area (Å²) < 4.78 is 5.18. The van der Waals surface area contributed by atoms with Crippen LogP contribution >= 0.6 is 0 Å². The van der Waals surface area contributed by atoms with Crippen LogP contribution in [0, 0.1) is 0 Å². The molecule has 0 heterocycles. The maximum Gasteiger partial charge on any atom is 0.469 e. The summed E-state index contributed by atoms with van der Waals surface area (Å²) in [4.78, 5) is 0. The zero-order valence-electron chi connectivity index (χ0n) is 15.0. The summed E-state index contributed by atoms with van der Waals surface area (Å²) in [6.07, 6.45) is 0. The first-order valence-electron chi connectivity index (χ1n) is 7.25. The van der Waals surface area contributed by atoms with E-state index in [-0.39, 0.29) is 0 Å². The zero-order chi connectivity index (χ0) is 16.8. The molecule has 0 aromatic carbocycles. The van der Waals surface area contributed by atoms with Crippen molar-refractivity contribution in [2.24, 2.45) is 5.73 Å². The van der Waals surface area contributed by atoms with Crippen LogP contribution in [0.5, 0.6) is 0 Å². The van der Waals surface area contributed by atoms with Gasteiger partial charge in [0.15, 0.2) is 0 Å². The Labute approximate surface area is 127 Å². The Morgan fingerprint density at radius 1 is 0.900 bits per heavy atom. The first-order chi connectivity index (χ1) is 8.38. The number of nitrogens with two attached hydrogens (primary N) is 1. The lowest BCUT2D eigenvalue weighted by Gasteiger charge is -2.51. The van der Waals surface area contributed by atoms with Crippen LogP contribution in [-0.4, -0.2) is 49.3 Å². The van der Waals surface area contributed by atoms with Gasteiger partial charge in [0.25, 0.3) is 0 Å². The molecule has 0 aromatic heterocycles. The van der Waals surface area contributed by atoms with Gasteiger partial charge in [-0.2, -0.15) is 0 Å². The largest absolute Gasteiger partial charge is 0.469 e. The van der Waals surface area contributed by atoms with Crippen molar-refractivity contribution in [2.75, 3.05) is 0 Å². The van der Waals surface area contributed by atoms with E-state index in [0.717, 1.165) is 0 Å². The molecule has 0 radical (unpaired) electrons. The Kier molecular flexibility index (Phi) is 5.61. The normalized spacial score (nSPS) is 15.4. The third-order valence-corrected chi connectivity index (χ3v) is 14.7. The highest BCUT2D eigenvalue weighted by Gasteiger charge is 2.60. The zero-order valence-corrected chi connectivity index (χ0v) is 17.0. The lowest BCUT2D eigenvalue weighted by Crippen LogP contribution is -2.81. The molecule has 0 saturated carbocycles. The SMILES string of the molecule is CC(C)(O)C(C)(C)OB(O)C(N)([Si](C)(C)C)[Si](C)(C)C. The van der Waals surface area contributed by atoms with E-state index < -0.39 is 39.2 Å². The quantitative estimate of drug-likeness (QED) is 0.655. The molecule has 0 saturated heterocycles. The predicted octanol–water partition coefficient (Wildman–Crippen LogP) is 2.02. The fourth-order valence-electron chi connectivity index (χ4n) is 2.38. The molecule has 120 valence electrons. The molecule has 0 aliphatic rings. The molecule has 7 heteroatoms. The van der Waals surface area contributed by atoms with Gasteiger partial charge in [-0.25, -0.2) is 0 Å². The van der Waals surface area contributed by atoms with Crippen molar-refractivity contribution in [3.8, 4) is 0 Å². The highest BCUT2D eigenvalue weighted by molar-refractivity contribution is 7.08. The van der Waals surface area contributed by atoms with Crippen LogP contribution in [-0.2, 0) is 4.65 Å². The average molecular weight is 319 g/mol. The third kappa shape index (κ3) is 3.75. The minimum absolute atomic E-state index is 0.692. The van der Waals surface area contributed by atoms with Gasteiger partial charge in [0, 0.05) is 4.68 Å². The number of rotatable bonds is 6. The smallest absolute Gasteiger partial charge is 0.426 e. The standard InChI is InChI=1S/C13H34BNO3Si2/c1-11(2,16)12(3,4)18-14(17)13(15,19(5,6)7)20(8,9)10/h16-17H,15H2,1-10H3. The second-order valence-corrected chi connectivity index (χ2v) is 20.1. The van der Waals surface area contributed by atoms with Gasteiger partial charge in [0.05, 0.1) is 27.3 Å². The van der Waals surface area contributed by atoms with E-state index in [4.69, 9.17) is 10.4 Å². The maximum absolute atomic E-state index is 10.7. The lowest BCUT2D eigenvalue weighted by atomic mass is 9.82. The molecule has 0 spiro atoms. The number of aliphatic hydroxyl groups is 1. The highest BCUT2D eigenvalue weighted by Crippen LogP contribution is 2.34. The summed E-state index contributed by atoms with van der Waals surface area (Å²) in [5, 5.41) is 21.0. The van der Waals surface area contributed by atoms with Gasteiger partial charge < -0.3 is 20.5 Å². The molecule has 20 heavy (non-hydrogen) atoms. The molecular formula is C13H34BNO3Si2. The maximum atomic E-state index is 10.7. The Morgan fingerprint density at radius 3 is 1.40 bits per heavy atom. The molecule has 0 aliphatic heterocycles. The first-order valence-corrected chi connectivity index (χ1v) is 14.2. The molecular weight excluding hydrogens is 285 g/mol. The third-order valence-electron chi connectivity index (χ3n) is 4.75. The van der Waals surface area contributed by atoms with E-state index in [1.54, 1.807) is 27.7 Å². The molecule has 0 atom stereocenters. The summed E-state index contributed by atoms with van der Waals surface area (Å²) >= 11 is 0. The van der Waals surface area contributed by atoms with Crippen LogP contribution in [0.1, 0.15) is 27.7 Å². The summed E-state index contributed by atoms with van der Waals surface area (Å²) in [6.45, 7) is 19.9. The van der Waals surface area contributed by atoms with Gasteiger partial charge in [-0.15, -0.1) is 0 Å². The Balaban J connectivity index is 5.58. The molecule has 0 aromatic rings. The van der Waals surface area contributed by atoms with Crippen molar-refractivity contribution in [3.05, 3.63) is 0 Å². The van der Waals surface area contributed by atoms with Gasteiger partial charge in [0.2, 0.25) is 0 Å². The Hall–Kier alpha value is 0.339. The fourth-order valence-corrected chi connectivity index (χ4v) is 13.0. The Morgan fingerprint density at radius 2 is 1.20 bits per heavy atom. The van der Waals surface area contributed by atoms with Crippen molar-refractivity contribution in [1.82, 2.24) is 0 Å². The van der Waals surface area contributed by atoms with Crippen molar-refractivity contribution in [1.29, 1.82) is 0 Å². The van der Waals surface area contributed by atoms with Gasteiger partial charge in [-0.05, 0) is 27.7 Å². The fraction of sp³-hybridized carbons (Fsp3) is 1.00. The van der Waals surface area contributed by atoms with Gasteiger partial charge >= 0.3 is 7.12 Å². The lowest BCUT2D eigenvalue weighted by molar-refractivity contribution is -0.101. The van der Waals surface area contributed by atoms with E-state index in [9.17, 15) is 10.1 Å². The molecule has 0 fully saturated rings. The second kappa shape index (κ2) is 5.52. The van der Waals surface area contributed by atoms with Crippen molar-refractivity contribution < 1.29 is 14.8 Å². The molecule has 4 nitrogen and oxygen atoms in total. The average Bonchev–Trinajstić information content (AvgIpc) is 2.09. The van der Waals surface area contributed by atoms with Crippen molar-refractivity contribution in [2.45, 2.75) is 82.9 Å². The van der Waals surface area contributed by atoms with E-state index in [0.29, 0.717) is 0 Å². The molecule has 4 N–H and O–H groups in total. The van der Waals surface area contributed by atoms with Gasteiger partial charge in [0.1, 0.15) is 0 Å². The topological polar surface area (TPSA) is 75.7 Å². The van der Waals surface area contributed by atoms with Crippen LogP contribution < -0.4 is 5.73 Å². The van der Waals surface area contributed by atoms with Crippen LogP contribution in [0.25, 0.3) is 0 Å². The molecule has 0 aliphatic carbocycles. The molecule has 0 rings (SSSR count). The monoisotopic (exact) mass is 319 g/mol. The van der Waals surface area contributed by atoms with Gasteiger partial charge in [-0.1, -0.05) is 39.3 Å². The molecule has 0 amide bonds. The molecule has 0 unspecified atom stereocenters. The van der Waals surface area contributed by atoms with Crippen LogP contribution in [0.15, 0.2) is 0 Å². The summed E-state index contributed by atoms with van der Waals surface area (Å²) in [5.41, 5.74) is 4.77. The summed E-state index contributed by atoms with van der Waals surface area (Å²) in [7, 11) is -4.84. The van der Waals surface area contributed by atoms with E-state index in [2.05, 4.69) is 39.3 Å². The minimum Gasteiger partial charge on any atom is -0.426 e. The number of hydrogen-bond acceptors (Lipinski definition) is 4. The van der Waals surface area contributed by atoms with Gasteiger partial charge in [-0.3, -0.25) is 0 Å². The Bertz CT molecular complexity index is 329.